The molecule has 4 N–H and O–H groups in total. The summed E-state index contributed by atoms with van der Waals surface area (Å²) in [5.74, 6) is -0.676. The lowest BCUT2D eigenvalue weighted by Crippen LogP contribution is -2.20. The average Bonchev–Trinajstić information content (AvgIpc) is 3.47. The van der Waals surface area contributed by atoms with Crippen LogP contribution >= 0.6 is 0 Å². The van der Waals surface area contributed by atoms with E-state index in [0.29, 0.717) is 27.9 Å². The molecule has 0 aliphatic carbocycles. The molecule has 0 aliphatic heterocycles. The molecule has 0 radical (unpaired) electrons. The minimum absolute atomic E-state index is 0.309. The first-order valence-corrected chi connectivity index (χ1v) is 11.1. The predicted molar refractivity (Wildman–Crippen MR) is 135 cm³/mol. The molecule has 0 spiro atoms. The molecular formula is C27H18F2N6O. The summed E-state index contributed by atoms with van der Waals surface area (Å²) in [5.41, 5.74) is 11.1. The fourth-order valence-electron chi connectivity index (χ4n) is 4.27. The van der Waals surface area contributed by atoms with E-state index in [-0.39, 0.29) is 11.6 Å². The summed E-state index contributed by atoms with van der Waals surface area (Å²) >= 11 is 0. The Kier molecular flexibility index (Phi) is 4.96. The Labute approximate surface area is 203 Å². The molecule has 0 bridgehead atoms. The van der Waals surface area contributed by atoms with E-state index in [4.69, 9.17) is 5.73 Å². The van der Waals surface area contributed by atoms with Crippen molar-refractivity contribution in [2.24, 2.45) is 5.73 Å². The van der Waals surface area contributed by atoms with Gasteiger partial charge >= 0.3 is 6.03 Å². The van der Waals surface area contributed by atoms with Gasteiger partial charge in [0.1, 0.15) is 17.3 Å². The first kappa shape index (κ1) is 21.5. The Morgan fingerprint density at radius 1 is 0.778 bits per heavy atom. The summed E-state index contributed by atoms with van der Waals surface area (Å²) in [7, 11) is 0. The zero-order valence-electron chi connectivity index (χ0n) is 18.7. The van der Waals surface area contributed by atoms with Crippen molar-refractivity contribution < 1.29 is 13.6 Å². The molecular weight excluding hydrogens is 462 g/mol. The Hall–Kier alpha value is -5.05. The van der Waals surface area contributed by atoms with Crippen LogP contribution in [0.2, 0.25) is 0 Å². The molecule has 176 valence electrons. The molecule has 6 rings (SSSR count). The molecule has 9 heteroatoms. The van der Waals surface area contributed by atoms with Crippen LogP contribution in [0.15, 0.2) is 84.9 Å². The van der Waals surface area contributed by atoms with E-state index >= 15 is 0 Å². The van der Waals surface area contributed by atoms with Gasteiger partial charge in [0.25, 0.3) is 0 Å². The molecule has 4 aromatic carbocycles. The number of aromatic amines is 1. The highest BCUT2D eigenvalue weighted by Gasteiger charge is 2.16. The second-order valence-electron chi connectivity index (χ2n) is 8.30. The summed E-state index contributed by atoms with van der Waals surface area (Å²) in [6, 6.07) is 22.5. The van der Waals surface area contributed by atoms with Crippen LogP contribution in [0.1, 0.15) is 0 Å². The maximum absolute atomic E-state index is 13.5. The number of carbonyl (C=O) groups excluding carboxylic acids is 1. The van der Waals surface area contributed by atoms with Crippen LogP contribution in [-0.2, 0) is 0 Å². The zero-order chi connectivity index (χ0) is 24.8. The standard InChI is InChI=1S/C27H18F2N6O/c28-17-5-1-15(2-6-17)25-21-13-19(9-11-23(21)32-33-25)31-20-10-12-24-22(14-20)26(34-35(24)27(30)36)16-3-7-18(29)8-4-16/h1-14,31H,(H2,30,36)(H,32,33). The van der Waals surface area contributed by atoms with Gasteiger partial charge in [-0.15, -0.1) is 0 Å². The molecule has 36 heavy (non-hydrogen) atoms. The Balaban J connectivity index is 1.41. The number of amides is 1. The van der Waals surface area contributed by atoms with Crippen molar-refractivity contribution in [3.05, 3.63) is 96.6 Å². The number of nitrogens with one attached hydrogen (secondary N) is 2. The third kappa shape index (κ3) is 3.72. The highest BCUT2D eigenvalue weighted by molar-refractivity contribution is 6.00. The molecule has 6 aromatic rings. The summed E-state index contributed by atoms with van der Waals surface area (Å²) in [6.45, 7) is 0. The minimum atomic E-state index is -0.715. The van der Waals surface area contributed by atoms with Crippen molar-refractivity contribution in [2.45, 2.75) is 0 Å². The number of nitrogens with two attached hydrogens (primary N) is 1. The fourth-order valence-corrected chi connectivity index (χ4v) is 4.27. The topological polar surface area (TPSA) is 102 Å². The van der Waals surface area contributed by atoms with E-state index < -0.39 is 6.03 Å². The molecule has 0 fully saturated rings. The minimum Gasteiger partial charge on any atom is -0.355 e. The summed E-state index contributed by atoms with van der Waals surface area (Å²) in [4.78, 5) is 12.0. The molecule has 0 saturated heterocycles. The van der Waals surface area contributed by atoms with Gasteiger partial charge in [0.2, 0.25) is 0 Å². The van der Waals surface area contributed by atoms with Crippen LogP contribution in [0.4, 0.5) is 25.0 Å². The quantitative estimate of drug-likeness (QED) is 0.280. The van der Waals surface area contributed by atoms with Crippen LogP contribution < -0.4 is 11.1 Å². The van der Waals surface area contributed by atoms with Crippen LogP contribution in [0.5, 0.6) is 0 Å². The lowest BCUT2D eigenvalue weighted by Gasteiger charge is -2.08. The van der Waals surface area contributed by atoms with E-state index in [9.17, 15) is 13.6 Å². The number of halogens is 2. The van der Waals surface area contributed by atoms with Crippen LogP contribution in [0.3, 0.4) is 0 Å². The highest BCUT2D eigenvalue weighted by Crippen LogP contribution is 2.33. The molecule has 0 aliphatic rings. The van der Waals surface area contributed by atoms with Gasteiger partial charge in [-0.3, -0.25) is 5.10 Å². The predicted octanol–water partition coefficient (Wildman–Crippen LogP) is 6.20. The lowest BCUT2D eigenvalue weighted by molar-refractivity contribution is 0.248. The number of primary amides is 1. The maximum Gasteiger partial charge on any atom is 0.340 e. The summed E-state index contributed by atoms with van der Waals surface area (Å²) < 4.78 is 28.0. The Morgan fingerprint density at radius 2 is 1.36 bits per heavy atom. The number of benzene rings is 4. The Morgan fingerprint density at radius 3 is 2.00 bits per heavy atom. The number of rotatable bonds is 4. The van der Waals surface area contributed by atoms with Gasteiger partial charge in [0.15, 0.2) is 0 Å². The summed E-state index contributed by atoms with van der Waals surface area (Å²) in [5, 5.41) is 16.7. The zero-order valence-corrected chi connectivity index (χ0v) is 18.7. The van der Waals surface area contributed by atoms with Gasteiger partial charge in [-0.2, -0.15) is 14.9 Å². The number of hydrogen-bond donors (Lipinski definition) is 3. The Bertz CT molecular complexity index is 1750. The third-order valence-corrected chi connectivity index (χ3v) is 5.98. The van der Waals surface area contributed by atoms with Gasteiger partial charge in [-0.25, -0.2) is 13.6 Å². The average molecular weight is 480 g/mol. The molecule has 1 amide bonds. The smallest absolute Gasteiger partial charge is 0.340 e. The van der Waals surface area contributed by atoms with E-state index in [1.807, 2.05) is 30.3 Å². The normalized spacial score (nSPS) is 11.3. The monoisotopic (exact) mass is 480 g/mol. The maximum atomic E-state index is 13.5. The molecule has 2 aromatic heterocycles. The molecule has 2 heterocycles. The number of aromatic nitrogens is 4. The van der Waals surface area contributed by atoms with E-state index in [1.165, 1.54) is 24.3 Å². The number of nitrogens with zero attached hydrogens (tertiary/aromatic N) is 3. The van der Waals surface area contributed by atoms with E-state index in [0.717, 1.165) is 32.5 Å². The van der Waals surface area contributed by atoms with E-state index in [2.05, 4.69) is 20.6 Å². The second-order valence-corrected chi connectivity index (χ2v) is 8.30. The highest BCUT2D eigenvalue weighted by atomic mass is 19.1. The van der Waals surface area contributed by atoms with Crippen LogP contribution in [0, 0.1) is 11.6 Å². The van der Waals surface area contributed by atoms with Crippen LogP contribution in [0.25, 0.3) is 44.3 Å². The number of carbonyl (C=O) groups is 1. The third-order valence-electron chi connectivity index (χ3n) is 5.98. The van der Waals surface area contributed by atoms with Crippen molar-refractivity contribution in [3.63, 3.8) is 0 Å². The molecule has 0 unspecified atom stereocenters. The lowest BCUT2D eigenvalue weighted by atomic mass is 10.1. The van der Waals surface area contributed by atoms with Crippen LogP contribution in [-0.4, -0.2) is 26.0 Å². The number of H-pyrrole nitrogens is 1. The second kappa shape index (κ2) is 8.31. The van der Waals surface area contributed by atoms with Crippen molar-refractivity contribution >= 4 is 39.2 Å². The number of hydrogen-bond acceptors (Lipinski definition) is 4. The molecule has 0 atom stereocenters. The van der Waals surface area contributed by atoms with Crippen molar-refractivity contribution in [2.75, 3.05) is 5.32 Å². The molecule has 7 nitrogen and oxygen atoms in total. The van der Waals surface area contributed by atoms with Gasteiger partial charge < -0.3 is 11.1 Å². The fraction of sp³-hybridized carbons (Fsp3) is 0. The van der Waals surface area contributed by atoms with Gasteiger partial charge in [0.05, 0.1) is 16.7 Å². The van der Waals surface area contributed by atoms with Gasteiger partial charge in [0, 0.05) is 33.3 Å². The van der Waals surface area contributed by atoms with Crippen molar-refractivity contribution in [1.29, 1.82) is 0 Å². The van der Waals surface area contributed by atoms with E-state index in [1.54, 1.807) is 30.3 Å². The number of anilines is 2. The molecule has 0 saturated carbocycles. The number of fused-ring (bicyclic) bond motifs is 2. The van der Waals surface area contributed by atoms with Gasteiger partial charge in [-0.05, 0) is 84.9 Å². The largest absolute Gasteiger partial charge is 0.355 e. The van der Waals surface area contributed by atoms with Gasteiger partial charge in [-0.1, -0.05) is 0 Å². The van der Waals surface area contributed by atoms with Crippen molar-refractivity contribution in [1.82, 2.24) is 20.0 Å². The SMILES string of the molecule is NC(=O)n1nc(-c2ccc(F)cc2)c2cc(Nc3ccc4[nH]nc(-c5ccc(F)cc5)c4c3)ccc21. The summed E-state index contributed by atoms with van der Waals surface area (Å²) in [6.07, 6.45) is 0. The first-order chi connectivity index (χ1) is 17.5. The van der Waals surface area contributed by atoms with Crippen molar-refractivity contribution in [3.8, 4) is 22.5 Å². The first-order valence-electron chi connectivity index (χ1n) is 11.1.